The first-order valence-corrected chi connectivity index (χ1v) is 12.7. The molecule has 1 aromatic rings. The number of alkyl halides is 6. The molecule has 0 spiro atoms. The molecule has 0 N–H and O–H groups in total. The Morgan fingerprint density at radius 2 is 1.41 bits per heavy atom. The minimum Gasteiger partial charge on any atom is -0.206 e. The fraction of sp³-hybridized carbons (Fsp3) is 0.684. The number of rotatable bonds is 10. The van der Waals surface area contributed by atoms with Crippen LogP contribution in [0.15, 0.2) is 29.2 Å². The molecule has 0 heterocycles. The van der Waals surface area contributed by atoms with Crippen molar-refractivity contribution >= 4 is 20.0 Å². The Balaban J connectivity index is 3.45. The fourth-order valence-corrected chi connectivity index (χ4v) is 6.35. The zero-order chi connectivity index (χ0) is 25.1. The molecule has 32 heavy (non-hydrogen) atoms. The van der Waals surface area contributed by atoms with Crippen molar-refractivity contribution in [2.45, 2.75) is 69.5 Å². The Bertz CT molecular complexity index is 955. The van der Waals surface area contributed by atoms with Crippen molar-refractivity contribution in [1.82, 2.24) is 3.71 Å². The van der Waals surface area contributed by atoms with E-state index < -0.39 is 53.3 Å². The van der Waals surface area contributed by atoms with Crippen LogP contribution in [0.1, 0.15) is 58.4 Å². The van der Waals surface area contributed by atoms with Crippen LogP contribution < -0.4 is 0 Å². The van der Waals surface area contributed by atoms with Crippen molar-refractivity contribution in [2.24, 2.45) is 11.8 Å². The third-order valence-electron chi connectivity index (χ3n) is 5.07. The van der Waals surface area contributed by atoms with Crippen LogP contribution in [0.2, 0.25) is 0 Å². The van der Waals surface area contributed by atoms with Gasteiger partial charge in [-0.15, -0.1) is 0 Å². The highest BCUT2D eigenvalue weighted by atomic mass is 32.3. The van der Waals surface area contributed by atoms with Crippen LogP contribution in [0, 0.1) is 11.8 Å². The molecule has 5 nitrogen and oxygen atoms in total. The second kappa shape index (κ2) is 10.3. The largest absolute Gasteiger partial charge is 0.512 e. The number of benzene rings is 1. The van der Waals surface area contributed by atoms with Gasteiger partial charge in [0.2, 0.25) is 0 Å². The number of nitrogens with zero attached hydrogens (tertiary/aromatic N) is 1. The molecule has 0 saturated carbocycles. The third kappa shape index (κ3) is 7.08. The number of sulfonamides is 2. The highest BCUT2D eigenvalue weighted by Gasteiger charge is 2.55. The molecule has 13 heteroatoms. The van der Waals surface area contributed by atoms with Crippen LogP contribution in [0.5, 0.6) is 0 Å². The molecule has 0 aliphatic carbocycles. The molecule has 0 fully saturated rings. The maximum absolute atomic E-state index is 13.0. The lowest BCUT2D eigenvalue weighted by Gasteiger charge is -2.26. The summed E-state index contributed by atoms with van der Waals surface area (Å²) in [5, 5.41) is 0. The lowest BCUT2D eigenvalue weighted by molar-refractivity contribution is -0.134. The van der Waals surface area contributed by atoms with Gasteiger partial charge in [-0.2, -0.15) is 26.3 Å². The molecule has 0 amide bonds. The normalized spacial score (nSPS) is 15.9. The van der Waals surface area contributed by atoms with Gasteiger partial charge in [-0.3, -0.25) is 0 Å². The Labute approximate surface area is 184 Å². The SMILES string of the molecule is CCC(C)C(CC(C)C)c1ccc(S(=O)(=O)N(CCC(F)(F)F)S(=O)(=O)C(F)(F)F)cc1. The maximum Gasteiger partial charge on any atom is 0.512 e. The highest BCUT2D eigenvalue weighted by Crippen LogP contribution is 2.36. The van der Waals surface area contributed by atoms with Crippen molar-refractivity contribution < 1.29 is 43.2 Å². The standard InChI is InChI=1S/C19H27F6NO4S2/c1-5-14(4)17(12-13(2)3)15-6-8-16(9-7-15)31(27,28)26(11-10-18(20,21)22)32(29,30)19(23,24)25/h6-9,13-14,17H,5,10-12H2,1-4H3. The zero-order valence-corrected chi connectivity index (χ0v) is 19.7. The molecule has 2 unspecified atom stereocenters. The van der Waals surface area contributed by atoms with Gasteiger partial charge in [-0.25, -0.2) is 16.8 Å². The van der Waals surface area contributed by atoms with E-state index >= 15 is 0 Å². The van der Waals surface area contributed by atoms with Crippen LogP contribution in [0.25, 0.3) is 0 Å². The lowest BCUT2D eigenvalue weighted by atomic mass is 9.80. The van der Waals surface area contributed by atoms with Crippen molar-refractivity contribution in [2.75, 3.05) is 6.54 Å². The first-order valence-electron chi connectivity index (χ1n) is 9.85. The summed E-state index contributed by atoms with van der Waals surface area (Å²) in [7, 11) is -12.0. The molecule has 0 aliphatic rings. The first-order chi connectivity index (χ1) is 14.3. The van der Waals surface area contributed by atoms with Gasteiger partial charge < -0.3 is 0 Å². The summed E-state index contributed by atoms with van der Waals surface area (Å²) in [6.07, 6.45) is -5.57. The van der Waals surface area contributed by atoms with Crippen LogP contribution >= 0.6 is 0 Å². The van der Waals surface area contributed by atoms with E-state index in [2.05, 4.69) is 0 Å². The predicted octanol–water partition coefficient (Wildman–Crippen LogP) is 5.66. The van der Waals surface area contributed by atoms with Crippen molar-refractivity contribution in [3.63, 3.8) is 0 Å². The summed E-state index contributed by atoms with van der Waals surface area (Å²) in [5.41, 5.74) is -5.39. The molecule has 0 radical (unpaired) electrons. The average Bonchev–Trinajstić information content (AvgIpc) is 2.63. The lowest BCUT2D eigenvalue weighted by Crippen LogP contribution is -2.45. The van der Waals surface area contributed by atoms with E-state index in [0.717, 1.165) is 25.0 Å². The number of hydrogen-bond donors (Lipinski definition) is 0. The second-order valence-electron chi connectivity index (χ2n) is 8.01. The third-order valence-corrected chi connectivity index (χ3v) is 9.14. The zero-order valence-electron chi connectivity index (χ0n) is 18.0. The molecular formula is C19H27F6NO4S2. The minimum absolute atomic E-state index is 0.0111. The highest BCUT2D eigenvalue weighted by molar-refractivity contribution is 8.04. The molecular weight excluding hydrogens is 484 g/mol. The van der Waals surface area contributed by atoms with Crippen molar-refractivity contribution in [1.29, 1.82) is 0 Å². The maximum atomic E-state index is 13.0. The summed E-state index contributed by atoms with van der Waals surface area (Å²) >= 11 is 0. The first kappa shape index (κ1) is 28.7. The Morgan fingerprint density at radius 3 is 1.78 bits per heavy atom. The second-order valence-corrected chi connectivity index (χ2v) is 12.0. The van der Waals surface area contributed by atoms with Gasteiger partial charge in [0, 0.05) is 6.54 Å². The Hall–Kier alpha value is -1.34. The van der Waals surface area contributed by atoms with Gasteiger partial charge in [0.05, 0.1) is 11.3 Å². The molecule has 0 saturated heterocycles. The van der Waals surface area contributed by atoms with Gasteiger partial charge in [-0.05, 0) is 41.9 Å². The molecule has 2 atom stereocenters. The van der Waals surface area contributed by atoms with E-state index in [0.29, 0.717) is 11.5 Å². The van der Waals surface area contributed by atoms with Crippen molar-refractivity contribution in [3.8, 4) is 0 Å². The number of halogens is 6. The minimum atomic E-state index is -6.58. The van der Waals surface area contributed by atoms with Crippen LogP contribution in [0.4, 0.5) is 26.3 Å². The van der Waals surface area contributed by atoms with E-state index in [-0.39, 0.29) is 11.8 Å². The Kier molecular flexibility index (Phi) is 9.23. The summed E-state index contributed by atoms with van der Waals surface area (Å²) < 4.78 is 124. The summed E-state index contributed by atoms with van der Waals surface area (Å²) in [4.78, 5) is -0.844. The fourth-order valence-electron chi connectivity index (χ4n) is 3.20. The molecule has 1 aromatic carbocycles. The van der Waals surface area contributed by atoms with Crippen molar-refractivity contribution in [3.05, 3.63) is 29.8 Å². The predicted molar refractivity (Wildman–Crippen MR) is 108 cm³/mol. The van der Waals surface area contributed by atoms with Crippen LogP contribution in [-0.4, -0.2) is 38.8 Å². The van der Waals surface area contributed by atoms with Gasteiger partial charge in [-0.1, -0.05) is 50.0 Å². The monoisotopic (exact) mass is 511 g/mol. The molecule has 0 aromatic heterocycles. The van der Waals surface area contributed by atoms with Gasteiger partial charge >= 0.3 is 21.7 Å². The summed E-state index contributed by atoms with van der Waals surface area (Å²) in [6, 6.07) is 4.56. The topological polar surface area (TPSA) is 71.5 Å². The smallest absolute Gasteiger partial charge is 0.206 e. The van der Waals surface area contributed by atoms with E-state index in [1.165, 1.54) is 12.1 Å². The van der Waals surface area contributed by atoms with Gasteiger partial charge in [0.1, 0.15) is 0 Å². The summed E-state index contributed by atoms with van der Waals surface area (Å²) in [5.74, 6) is 0.512. The molecule has 186 valence electrons. The van der Waals surface area contributed by atoms with Gasteiger partial charge in [0.15, 0.2) is 0 Å². The quantitative estimate of drug-likeness (QED) is 0.381. The number of hydrogen-bond acceptors (Lipinski definition) is 4. The van der Waals surface area contributed by atoms with E-state index in [1.54, 1.807) is 0 Å². The van der Waals surface area contributed by atoms with E-state index in [1.807, 2.05) is 27.7 Å². The van der Waals surface area contributed by atoms with Crippen LogP contribution in [-0.2, 0) is 20.0 Å². The van der Waals surface area contributed by atoms with Gasteiger partial charge in [0.25, 0.3) is 10.0 Å². The average molecular weight is 512 g/mol. The summed E-state index contributed by atoms with van der Waals surface area (Å²) in [6.45, 7) is 6.03. The molecule has 1 rings (SSSR count). The van der Waals surface area contributed by atoms with E-state index in [9.17, 15) is 43.2 Å². The van der Waals surface area contributed by atoms with E-state index in [4.69, 9.17) is 0 Å². The molecule has 0 bridgehead atoms. The van der Waals surface area contributed by atoms with Crippen LogP contribution in [0.3, 0.4) is 0 Å². The Morgan fingerprint density at radius 1 is 0.906 bits per heavy atom. The molecule has 0 aliphatic heterocycles.